The molecule has 2 aromatic carbocycles. The molecule has 1 N–H and O–H groups in total. The summed E-state index contributed by atoms with van der Waals surface area (Å²) in [6, 6.07) is 16.3. The van der Waals surface area contributed by atoms with Crippen molar-refractivity contribution in [2.24, 2.45) is 0 Å². The van der Waals surface area contributed by atoms with E-state index in [9.17, 15) is 9.59 Å². The predicted octanol–water partition coefficient (Wildman–Crippen LogP) is 4.68. The number of rotatable bonds is 11. The molecule has 2 amide bonds. The minimum absolute atomic E-state index is 0.129. The number of carbonyl (C=O) groups is 2. The molecule has 2 aromatic heterocycles. The van der Waals surface area contributed by atoms with Crippen molar-refractivity contribution in [3.63, 3.8) is 0 Å². The molecule has 0 radical (unpaired) electrons. The van der Waals surface area contributed by atoms with Crippen molar-refractivity contribution in [2.75, 3.05) is 65.5 Å². The van der Waals surface area contributed by atoms with Gasteiger partial charge in [-0.1, -0.05) is 29.8 Å². The quantitative estimate of drug-likeness (QED) is 0.264. The average Bonchev–Trinajstić information content (AvgIpc) is 3.70. The van der Waals surface area contributed by atoms with Crippen LogP contribution in [0.1, 0.15) is 9.67 Å². The topological polar surface area (TPSA) is 98.2 Å². The van der Waals surface area contributed by atoms with Crippen LogP contribution in [0.4, 0.5) is 5.95 Å². The number of imidazole rings is 1. The van der Waals surface area contributed by atoms with E-state index in [2.05, 4.69) is 10.2 Å². The lowest BCUT2D eigenvalue weighted by Gasteiger charge is -2.29. The minimum atomic E-state index is -0.364. The maximum atomic E-state index is 13.5. The number of nitrogens with zero attached hydrogens (tertiary/aromatic N) is 4. The van der Waals surface area contributed by atoms with Gasteiger partial charge in [-0.05, 0) is 35.7 Å². The molecule has 1 aliphatic rings. The van der Waals surface area contributed by atoms with Gasteiger partial charge in [0, 0.05) is 49.0 Å². The Morgan fingerprint density at radius 2 is 1.83 bits per heavy atom. The average molecular weight is 610 g/mol. The van der Waals surface area contributed by atoms with E-state index in [0.29, 0.717) is 65.0 Å². The van der Waals surface area contributed by atoms with E-state index >= 15 is 0 Å². The van der Waals surface area contributed by atoms with Gasteiger partial charge >= 0.3 is 0 Å². The van der Waals surface area contributed by atoms with Crippen molar-refractivity contribution in [3.05, 3.63) is 76.1 Å². The lowest BCUT2D eigenvalue weighted by atomic mass is 10.2. The zero-order valence-electron chi connectivity index (χ0n) is 23.4. The smallest absolute Gasteiger partial charge is 0.264 e. The number of nitrogens with one attached hydrogen (secondary N) is 1. The second kappa shape index (κ2) is 13.8. The van der Waals surface area contributed by atoms with E-state index in [1.807, 2.05) is 35.8 Å². The molecule has 3 heterocycles. The third kappa shape index (κ3) is 7.11. The summed E-state index contributed by atoms with van der Waals surface area (Å²) in [4.78, 5) is 36.0. The maximum Gasteiger partial charge on any atom is 0.264 e. The van der Waals surface area contributed by atoms with Crippen LogP contribution < -0.4 is 14.8 Å². The molecule has 10 nitrogen and oxygen atoms in total. The van der Waals surface area contributed by atoms with Crippen LogP contribution in [0.5, 0.6) is 11.5 Å². The maximum absolute atomic E-state index is 13.5. The van der Waals surface area contributed by atoms with Crippen LogP contribution in [0, 0.1) is 0 Å². The SMILES string of the molecule is COc1ccc(-n2cc(-c3ccc(Cl)cc3)nc2NC(=O)CN(CCN2CCOCC2)C(=O)c2cccs2)cc1OC. The van der Waals surface area contributed by atoms with Crippen molar-refractivity contribution in [1.82, 2.24) is 19.4 Å². The Morgan fingerprint density at radius 1 is 1.07 bits per heavy atom. The summed E-state index contributed by atoms with van der Waals surface area (Å²) in [5.41, 5.74) is 2.17. The molecule has 0 spiro atoms. The van der Waals surface area contributed by atoms with Gasteiger partial charge in [0.1, 0.15) is 6.54 Å². The second-order valence-electron chi connectivity index (χ2n) is 9.57. The van der Waals surface area contributed by atoms with Gasteiger partial charge in [-0.3, -0.25) is 24.4 Å². The monoisotopic (exact) mass is 609 g/mol. The first-order valence-corrected chi connectivity index (χ1v) is 14.7. The number of thiophene rings is 1. The number of halogens is 1. The van der Waals surface area contributed by atoms with Crippen LogP contribution >= 0.6 is 22.9 Å². The van der Waals surface area contributed by atoms with Crippen LogP contribution in [-0.4, -0.2) is 91.3 Å². The van der Waals surface area contributed by atoms with Crippen LogP contribution in [0.25, 0.3) is 16.9 Å². The highest BCUT2D eigenvalue weighted by Gasteiger charge is 2.23. The Hall–Kier alpha value is -3.90. The van der Waals surface area contributed by atoms with Gasteiger partial charge in [-0.25, -0.2) is 4.98 Å². The number of benzene rings is 2. The van der Waals surface area contributed by atoms with Gasteiger partial charge in [0.15, 0.2) is 11.5 Å². The zero-order chi connectivity index (χ0) is 29.5. The van der Waals surface area contributed by atoms with Crippen molar-refractivity contribution < 1.29 is 23.8 Å². The summed E-state index contributed by atoms with van der Waals surface area (Å²) >= 11 is 7.45. The number of hydrogen-bond donors (Lipinski definition) is 1. The molecule has 0 saturated carbocycles. The van der Waals surface area contributed by atoms with Crippen molar-refractivity contribution in [3.8, 4) is 28.4 Å². The highest BCUT2D eigenvalue weighted by atomic mass is 35.5. The lowest BCUT2D eigenvalue weighted by Crippen LogP contribution is -2.45. The van der Waals surface area contributed by atoms with Crippen molar-refractivity contribution >= 4 is 40.7 Å². The Balaban J connectivity index is 1.41. The molecule has 1 fully saturated rings. The van der Waals surface area contributed by atoms with Gasteiger partial charge in [-0.2, -0.15) is 0 Å². The first-order valence-electron chi connectivity index (χ1n) is 13.5. The number of anilines is 1. The molecular formula is C30H32ClN5O5S. The Bertz CT molecular complexity index is 1500. The molecule has 5 rings (SSSR count). The minimum Gasteiger partial charge on any atom is -0.493 e. The third-order valence-corrected chi connectivity index (χ3v) is 8.00. The van der Waals surface area contributed by atoms with E-state index in [0.717, 1.165) is 18.7 Å². The molecule has 1 saturated heterocycles. The molecule has 0 unspecified atom stereocenters. The Kier molecular flexibility index (Phi) is 9.75. The first kappa shape index (κ1) is 29.6. The van der Waals surface area contributed by atoms with E-state index in [4.69, 9.17) is 30.8 Å². The van der Waals surface area contributed by atoms with Crippen molar-refractivity contribution in [2.45, 2.75) is 0 Å². The number of ether oxygens (including phenoxy) is 3. The molecule has 12 heteroatoms. The lowest BCUT2D eigenvalue weighted by molar-refractivity contribution is -0.117. The fourth-order valence-electron chi connectivity index (χ4n) is 4.63. The molecule has 0 aliphatic carbocycles. The summed E-state index contributed by atoms with van der Waals surface area (Å²) in [5, 5.41) is 5.40. The molecular weight excluding hydrogens is 578 g/mol. The fourth-order valence-corrected chi connectivity index (χ4v) is 5.45. The fraction of sp³-hybridized carbons (Fsp3) is 0.300. The van der Waals surface area contributed by atoms with Crippen LogP contribution in [0.15, 0.2) is 66.2 Å². The number of methoxy groups -OCH3 is 2. The summed E-state index contributed by atoms with van der Waals surface area (Å²) in [6.07, 6.45) is 1.83. The number of morpholine rings is 1. The standard InChI is InChI=1S/C30H32ClN5O5S/c1-39-25-10-9-23(18-26(25)40-2)36-19-24(21-5-7-22(31)8-6-21)32-30(36)33-28(37)20-35(29(38)27-4-3-17-42-27)12-11-34-13-15-41-16-14-34/h3-10,17-19H,11-16,20H2,1-2H3,(H,32,33,37). The summed E-state index contributed by atoms with van der Waals surface area (Å²) < 4.78 is 18.1. The highest BCUT2D eigenvalue weighted by Crippen LogP contribution is 2.32. The van der Waals surface area contributed by atoms with Gasteiger partial charge in [0.05, 0.1) is 43.7 Å². The normalized spacial score (nSPS) is 13.5. The number of hydrogen-bond acceptors (Lipinski definition) is 8. The van der Waals surface area contributed by atoms with Crippen LogP contribution in [0.2, 0.25) is 5.02 Å². The second-order valence-corrected chi connectivity index (χ2v) is 11.0. The first-order chi connectivity index (χ1) is 20.4. The van der Waals surface area contributed by atoms with Gasteiger partial charge in [0.25, 0.3) is 5.91 Å². The van der Waals surface area contributed by atoms with Gasteiger partial charge in [0.2, 0.25) is 11.9 Å². The zero-order valence-corrected chi connectivity index (χ0v) is 25.0. The molecule has 4 aromatic rings. The molecule has 0 bridgehead atoms. The third-order valence-electron chi connectivity index (χ3n) is 6.89. The van der Waals surface area contributed by atoms with Crippen LogP contribution in [-0.2, 0) is 9.53 Å². The van der Waals surface area contributed by atoms with Gasteiger partial charge in [-0.15, -0.1) is 11.3 Å². The van der Waals surface area contributed by atoms with Crippen molar-refractivity contribution in [1.29, 1.82) is 0 Å². The number of aromatic nitrogens is 2. The summed E-state index contributed by atoms with van der Waals surface area (Å²) in [5.74, 6) is 0.863. The van der Waals surface area contributed by atoms with E-state index in [-0.39, 0.29) is 18.4 Å². The summed E-state index contributed by atoms with van der Waals surface area (Å²) in [6.45, 7) is 3.84. The van der Waals surface area contributed by atoms with E-state index < -0.39 is 0 Å². The highest BCUT2D eigenvalue weighted by molar-refractivity contribution is 7.12. The summed E-state index contributed by atoms with van der Waals surface area (Å²) in [7, 11) is 3.13. The van der Waals surface area contributed by atoms with E-state index in [1.165, 1.54) is 11.3 Å². The number of carbonyl (C=O) groups excluding carboxylic acids is 2. The largest absolute Gasteiger partial charge is 0.493 e. The predicted molar refractivity (Wildman–Crippen MR) is 163 cm³/mol. The van der Waals surface area contributed by atoms with Gasteiger partial charge < -0.3 is 19.1 Å². The molecule has 1 aliphatic heterocycles. The molecule has 220 valence electrons. The Labute approximate surface area is 253 Å². The molecule has 0 atom stereocenters. The Morgan fingerprint density at radius 3 is 2.52 bits per heavy atom. The molecule has 42 heavy (non-hydrogen) atoms. The number of amides is 2. The van der Waals surface area contributed by atoms with E-state index in [1.54, 1.807) is 54.0 Å². The van der Waals surface area contributed by atoms with Crippen LogP contribution in [0.3, 0.4) is 0 Å².